The molecule has 0 aromatic heterocycles. The Hall–Kier alpha value is -0.610. The van der Waals surface area contributed by atoms with Crippen molar-refractivity contribution in [3.63, 3.8) is 0 Å². The number of rotatable bonds is 8. The topological polar surface area (TPSA) is 35.6 Å². The van der Waals surface area contributed by atoms with Crippen LogP contribution < -0.4 is 5.32 Å². The maximum atomic E-state index is 12.5. The monoisotopic (exact) mass is 269 g/mol. The minimum absolute atomic E-state index is 0.188. The predicted molar refractivity (Wildman–Crippen MR) is 80.2 cm³/mol. The molecule has 0 spiro atoms. The Labute approximate surface area is 118 Å². The lowest BCUT2D eigenvalue weighted by molar-refractivity contribution is -0.135. The number of nitrogens with zero attached hydrogens (tertiary/aromatic N) is 2. The SMILES string of the molecule is CCN(CC)CCCN(CC)C(=O)[C@@H]1CNC[C@H]1C. The van der Waals surface area contributed by atoms with Gasteiger partial charge >= 0.3 is 0 Å². The molecule has 1 aliphatic heterocycles. The Morgan fingerprint density at radius 3 is 2.26 bits per heavy atom. The first-order valence-corrected chi connectivity index (χ1v) is 7.85. The first-order valence-electron chi connectivity index (χ1n) is 7.85. The highest BCUT2D eigenvalue weighted by atomic mass is 16.2. The van der Waals surface area contributed by atoms with Crippen molar-refractivity contribution < 1.29 is 4.79 Å². The second-order valence-electron chi connectivity index (χ2n) is 5.54. The molecule has 0 aliphatic carbocycles. The summed E-state index contributed by atoms with van der Waals surface area (Å²) in [5.41, 5.74) is 0. The van der Waals surface area contributed by atoms with E-state index in [2.05, 4.69) is 37.9 Å². The molecule has 4 nitrogen and oxygen atoms in total. The van der Waals surface area contributed by atoms with Gasteiger partial charge < -0.3 is 15.1 Å². The van der Waals surface area contributed by atoms with Crippen molar-refractivity contribution in [3.8, 4) is 0 Å². The smallest absolute Gasteiger partial charge is 0.227 e. The van der Waals surface area contributed by atoms with E-state index in [-0.39, 0.29) is 5.92 Å². The molecule has 0 unspecified atom stereocenters. The molecule has 0 saturated carbocycles. The molecule has 112 valence electrons. The van der Waals surface area contributed by atoms with E-state index in [0.717, 1.165) is 52.2 Å². The van der Waals surface area contributed by atoms with Gasteiger partial charge in [-0.3, -0.25) is 4.79 Å². The molecule has 1 N–H and O–H groups in total. The van der Waals surface area contributed by atoms with E-state index in [0.29, 0.717) is 11.8 Å². The molecular formula is C15H31N3O. The minimum atomic E-state index is 0.188. The van der Waals surface area contributed by atoms with Crippen molar-refractivity contribution >= 4 is 5.91 Å². The summed E-state index contributed by atoms with van der Waals surface area (Å²) in [5, 5.41) is 3.32. The van der Waals surface area contributed by atoms with Crippen molar-refractivity contribution in [1.29, 1.82) is 0 Å². The van der Waals surface area contributed by atoms with Gasteiger partial charge in [-0.15, -0.1) is 0 Å². The molecule has 1 heterocycles. The zero-order valence-corrected chi connectivity index (χ0v) is 13.1. The van der Waals surface area contributed by atoms with Gasteiger partial charge in [-0.05, 0) is 45.4 Å². The molecule has 19 heavy (non-hydrogen) atoms. The highest BCUT2D eigenvalue weighted by molar-refractivity contribution is 5.79. The van der Waals surface area contributed by atoms with E-state index in [1.807, 2.05) is 4.90 Å². The van der Waals surface area contributed by atoms with Gasteiger partial charge in [0, 0.05) is 19.6 Å². The molecule has 1 fully saturated rings. The summed E-state index contributed by atoms with van der Waals surface area (Å²) in [7, 11) is 0. The number of nitrogens with one attached hydrogen (secondary N) is 1. The Balaban J connectivity index is 2.38. The van der Waals surface area contributed by atoms with Gasteiger partial charge in [0.15, 0.2) is 0 Å². The van der Waals surface area contributed by atoms with E-state index < -0.39 is 0 Å². The van der Waals surface area contributed by atoms with E-state index in [9.17, 15) is 4.79 Å². The van der Waals surface area contributed by atoms with Crippen molar-refractivity contribution in [2.75, 3.05) is 45.8 Å². The maximum Gasteiger partial charge on any atom is 0.227 e. The summed E-state index contributed by atoms with van der Waals surface area (Å²) in [4.78, 5) is 16.9. The van der Waals surface area contributed by atoms with Gasteiger partial charge in [-0.1, -0.05) is 20.8 Å². The van der Waals surface area contributed by atoms with Crippen LogP contribution in [0.3, 0.4) is 0 Å². The third-order valence-corrected chi connectivity index (χ3v) is 4.32. The van der Waals surface area contributed by atoms with Crippen molar-refractivity contribution in [2.45, 2.75) is 34.1 Å². The number of hydrogen-bond donors (Lipinski definition) is 1. The predicted octanol–water partition coefficient (Wildman–Crippen LogP) is 1.42. The fourth-order valence-electron chi connectivity index (χ4n) is 2.82. The summed E-state index contributed by atoms with van der Waals surface area (Å²) < 4.78 is 0. The number of amides is 1. The zero-order chi connectivity index (χ0) is 14.3. The molecule has 1 aliphatic rings. The van der Waals surface area contributed by atoms with Crippen LogP contribution in [0.5, 0.6) is 0 Å². The number of carbonyl (C=O) groups excluding carboxylic acids is 1. The normalized spacial score (nSPS) is 23.0. The van der Waals surface area contributed by atoms with Gasteiger partial charge in [-0.25, -0.2) is 0 Å². The fraction of sp³-hybridized carbons (Fsp3) is 0.933. The van der Waals surface area contributed by atoms with E-state index in [4.69, 9.17) is 0 Å². The molecule has 1 rings (SSSR count). The highest BCUT2D eigenvalue weighted by Crippen LogP contribution is 2.18. The number of hydrogen-bond acceptors (Lipinski definition) is 3. The summed E-state index contributed by atoms with van der Waals surface area (Å²) in [6.07, 6.45) is 1.08. The van der Waals surface area contributed by atoms with Crippen LogP contribution in [-0.4, -0.2) is 61.5 Å². The Morgan fingerprint density at radius 2 is 1.79 bits per heavy atom. The van der Waals surface area contributed by atoms with Crippen LogP contribution in [-0.2, 0) is 4.79 Å². The van der Waals surface area contributed by atoms with Crippen molar-refractivity contribution in [2.24, 2.45) is 11.8 Å². The third kappa shape index (κ3) is 4.77. The molecule has 0 bridgehead atoms. The molecule has 0 aromatic carbocycles. The van der Waals surface area contributed by atoms with Crippen LogP contribution in [0, 0.1) is 11.8 Å². The van der Waals surface area contributed by atoms with Gasteiger partial charge in [0.05, 0.1) is 5.92 Å². The molecule has 0 radical (unpaired) electrons. The molecule has 1 saturated heterocycles. The number of carbonyl (C=O) groups is 1. The molecular weight excluding hydrogens is 238 g/mol. The molecule has 2 atom stereocenters. The second kappa shape index (κ2) is 8.54. The van der Waals surface area contributed by atoms with Crippen LogP contribution in [0.25, 0.3) is 0 Å². The molecule has 0 aromatic rings. The Bertz CT molecular complexity index is 266. The van der Waals surface area contributed by atoms with Gasteiger partial charge in [-0.2, -0.15) is 0 Å². The van der Waals surface area contributed by atoms with Crippen LogP contribution in [0.15, 0.2) is 0 Å². The first kappa shape index (κ1) is 16.4. The first-order chi connectivity index (χ1) is 9.13. The Morgan fingerprint density at radius 1 is 1.11 bits per heavy atom. The standard InChI is InChI=1S/C15H31N3O/c1-5-17(6-2)9-8-10-18(7-3)15(19)14-12-16-11-13(14)4/h13-14,16H,5-12H2,1-4H3/t13-,14-/m1/s1. The molecule has 1 amide bonds. The van der Waals surface area contributed by atoms with Crippen molar-refractivity contribution in [3.05, 3.63) is 0 Å². The lowest BCUT2D eigenvalue weighted by atomic mass is 9.96. The summed E-state index contributed by atoms with van der Waals surface area (Å²) in [6, 6.07) is 0. The lowest BCUT2D eigenvalue weighted by Crippen LogP contribution is -2.40. The fourth-order valence-corrected chi connectivity index (χ4v) is 2.82. The van der Waals surface area contributed by atoms with Crippen LogP contribution in [0.1, 0.15) is 34.1 Å². The second-order valence-corrected chi connectivity index (χ2v) is 5.54. The van der Waals surface area contributed by atoms with Gasteiger partial charge in [0.1, 0.15) is 0 Å². The average molecular weight is 269 g/mol. The summed E-state index contributed by atoms with van der Waals surface area (Å²) >= 11 is 0. The zero-order valence-electron chi connectivity index (χ0n) is 13.1. The quantitative estimate of drug-likeness (QED) is 0.724. The van der Waals surface area contributed by atoms with E-state index >= 15 is 0 Å². The minimum Gasteiger partial charge on any atom is -0.343 e. The van der Waals surface area contributed by atoms with Crippen LogP contribution in [0.2, 0.25) is 0 Å². The Kier molecular flexibility index (Phi) is 7.39. The van der Waals surface area contributed by atoms with Crippen LogP contribution >= 0.6 is 0 Å². The van der Waals surface area contributed by atoms with Gasteiger partial charge in [0.25, 0.3) is 0 Å². The highest BCUT2D eigenvalue weighted by Gasteiger charge is 2.32. The largest absolute Gasteiger partial charge is 0.343 e. The average Bonchev–Trinajstić information content (AvgIpc) is 2.85. The lowest BCUT2D eigenvalue weighted by Gasteiger charge is -2.27. The van der Waals surface area contributed by atoms with Crippen molar-refractivity contribution in [1.82, 2.24) is 15.1 Å². The van der Waals surface area contributed by atoms with E-state index in [1.54, 1.807) is 0 Å². The van der Waals surface area contributed by atoms with E-state index in [1.165, 1.54) is 0 Å². The summed E-state index contributed by atoms with van der Waals surface area (Å²) in [6.45, 7) is 15.5. The maximum absolute atomic E-state index is 12.5. The molecule has 4 heteroatoms. The van der Waals surface area contributed by atoms with Gasteiger partial charge in [0.2, 0.25) is 5.91 Å². The summed E-state index contributed by atoms with van der Waals surface area (Å²) in [5.74, 6) is 1.01. The third-order valence-electron chi connectivity index (χ3n) is 4.32. The van der Waals surface area contributed by atoms with Crippen LogP contribution in [0.4, 0.5) is 0 Å².